The lowest BCUT2D eigenvalue weighted by molar-refractivity contribution is -0.131. The van der Waals surface area contributed by atoms with Gasteiger partial charge in [-0.3, -0.25) is 9.59 Å². The number of H-pyrrole nitrogens is 1. The normalized spacial score (nSPS) is 14.5. The van der Waals surface area contributed by atoms with Crippen molar-refractivity contribution in [2.75, 3.05) is 31.1 Å². The van der Waals surface area contributed by atoms with E-state index in [4.69, 9.17) is 0 Å². The molecular formula is C23H25N3O2. The first-order valence-electron chi connectivity index (χ1n) is 9.80. The largest absolute Gasteiger partial charge is 0.368 e. The van der Waals surface area contributed by atoms with Crippen LogP contribution in [0.5, 0.6) is 0 Å². The first kappa shape index (κ1) is 18.3. The van der Waals surface area contributed by atoms with Gasteiger partial charge in [0, 0.05) is 61.0 Å². The van der Waals surface area contributed by atoms with Crippen LogP contribution >= 0.6 is 0 Å². The van der Waals surface area contributed by atoms with Crippen LogP contribution in [0.4, 0.5) is 5.69 Å². The third-order valence-electron chi connectivity index (χ3n) is 5.55. The molecule has 5 heteroatoms. The Morgan fingerprint density at radius 3 is 2.39 bits per heavy atom. The number of amides is 1. The number of benzene rings is 2. The fourth-order valence-electron chi connectivity index (χ4n) is 3.86. The summed E-state index contributed by atoms with van der Waals surface area (Å²) in [6, 6.07) is 15.9. The number of nitrogens with zero attached hydrogens (tertiary/aromatic N) is 2. The second kappa shape index (κ2) is 7.89. The molecule has 1 aliphatic rings. The van der Waals surface area contributed by atoms with E-state index in [1.807, 2.05) is 47.5 Å². The fraction of sp³-hybridized carbons (Fsp3) is 0.304. The Bertz CT molecular complexity index is 983. The van der Waals surface area contributed by atoms with E-state index < -0.39 is 0 Å². The number of nitrogens with one attached hydrogen (secondary N) is 1. The van der Waals surface area contributed by atoms with Crippen LogP contribution in [0.25, 0.3) is 10.9 Å². The van der Waals surface area contributed by atoms with Crippen LogP contribution < -0.4 is 4.90 Å². The van der Waals surface area contributed by atoms with Gasteiger partial charge in [0.25, 0.3) is 0 Å². The summed E-state index contributed by atoms with van der Waals surface area (Å²) >= 11 is 0. The van der Waals surface area contributed by atoms with E-state index >= 15 is 0 Å². The molecule has 2 heterocycles. The number of aryl methyl sites for hydroxylation is 1. The second-order valence-corrected chi connectivity index (χ2v) is 7.33. The molecule has 1 amide bonds. The van der Waals surface area contributed by atoms with Gasteiger partial charge in [-0.05, 0) is 49.2 Å². The fourth-order valence-corrected chi connectivity index (χ4v) is 3.86. The van der Waals surface area contributed by atoms with Crippen LogP contribution in [0.15, 0.2) is 54.7 Å². The van der Waals surface area contributed by atoms with E-state index in [1.165, 1.54) is 10.9 Å². The van der Waals surface area contributed by atoms with Crippen molar-refractivity contribution in [1.82, 2.24) is 9.88 Å². The third kappa shape index (κ3) is 3.79. The average Bonchev–Trinajstić information content (AvgIpc) is 3.15. The number of hydrogen-bond donors (Lipinski definition) is 1. The lowest BCUT2D eigenvalue weighted by Gasteiger charge is -2.36. The molecule has 4 rings (SSSR count). The highest BCUT2D eigenvalue weighted by Gasteiger charge is 2.21. The first-order chi connectivity index (χ1) is 13.6. The predicted molar refractivity (Wildman–Crippen MR) is 112 cm³/mol. The zero-order valence-electron chi connectivity index (χ0n) is 16.1. The summed E-state index contributed by atoms with van der Waals surface area (Å²) in [4.78, 5) is 31.6. The van der Waals surface area contributed by atoms with Crippen LogP contribution in [0.1, 0.15) is 29.3 Å². The molecule has 28 heavy (non-hydrogen) atoms. The minimum Gasteiger partial charge on any atom is -0.368 e. The van der Waals surface area contributed by atoms with Crippen molar-refractivity contribution in [3.8, 4) is 0 Å². The molecule has 3 aromatic rings. The van der Waals surface area contributed by atoms with E-state index in [9.17, 15) is 9.59 Å². The Morgan fingerprint density at radius 1 is 0.964 bits per heavy atom. The Morgan fingerprint density at radius 2 is 1.68 bits per heavy atom. The number of rotatable bonds is 5. The number of fused-ring (bicyclic) bond motifs is 1. The lowest BCUT2D eigenvalue weighted by atomic mass is 10.1. The average molecular weight is 375 g/mol. The second-order valence-electron chi connectivity index (χ2n) is 7.33. The van der Waals surface area contributed by atoms with Crippen LogP contribution in [0, 0.1) is 0 Å². The predicted octanol–water partition coefficient (Wildman–Crippen LogP) is 3.65. The maximum Gasteiger partial charge on any atom is 0.223 e. The summed E-state index contributed by atoms with van der Waals surface area (Å²) in [5, 5.41) is 1.20. The molecule has 2 aromatic carbocycles. The number of carbonyl (C=O) groups is 2. The van der Waals surface area contributed by atoms with Gasteiger partial charge in [0.1, 0.15) is 0 Å². The maximum absolute atomic E-state index is 12.7. The zero-order valence-corrected chi connectivity index (χ0v) is 16.1. The van der Waals surface area contributed by atoms with Crippen molar-refractivity contribution in [3.63, 3.8) is 0 Å². The quantitative estimate of drug-likeness (QED) is 0.693. The summed E-state index contributed by atoms with van der Waals surface area (Å²) in [7, 11) is 0. The van der Waals surface area contributed by atoms with Gasteiger partial charge in [-0.15, -0.1) is 0 Å². The van der Waals surface area contributed by atoms with Gasteiger partial charge in [0.15, 0.2) is 5.78 Å². The van der Waals surface area contributed by atoms with Crippen LogP contribution in [0.2, 0.25) is 0 Å². The van der Waals surface area contributed by atoms with Gasteiger partial charge in [-0.2, -0.15) is 0 Å². The number of para-hydroxylation sites is 1. The number of aromatic amines is 1. The standard InChI is InChI=1S/C23H25N3O2/c1-17(27)18-6-9-20(10-7-18)25-12-14-26(15-13-25)23(28)11-8-19-16-24-22-5-3-2-4-21(19)22/h2-7,9-10,16,24H,8,11-15H2,1H3. The van der Waals surface area contributed by atoms with Gasteiger partial charge < -0.3 is 14.8 Å². The summed E-state index contributed by atoms with van der Waals surface area (Å²) in [5.74, 6) is 0.300. The lowest BCUT2D eigenvalue weighted by Crippen LogP contribution is -2.48. The zero-order chi connectivity index (χ0) is 19.5. The molecule has 0 spiro atoms. The molecule has 0 bridgehead atoms. The first-order valence-corrected chi connectivity index (χ1v) is 9.80. The van der Waals surface area contributed by atoms with E-state index in [-0.39, 0.29) is 11.7 Å². The number of carbonyl (C=O) groups excluding carboxylic acids is 2. The number of piperazine rings is 1. The van der Waals surface area contributed by atoms with Crippen molar-refractivity contribution in [2.24, 2.45) is 0 Å². The SMILES string of the molecule is CC(=O)c1ccc(N2CCN(C(=O)CCc3c[nH]c4ccccc34)CC2)cc1. The topological polar surface area (TPSA) is 56.4 Å². The molecule has 0 atom stereocenters. The number of aromatic nitrogens is 1. The summed E-state index contributed by atoms with van der Waals surface area (Å²) in [5.41, 5.74) is 4.16. The molecule has 1 aromatic heterocycles. The third-order valence-corrected chi connectivity index (χ3v) is 5.55. The van der Waals surface area contributed by atoms with Gasteiger partial charge in [0.2, 0.25) is 5.91 Å². The van der Waals surface area contributed by atoms with Crippen molar-refractivity contribution >= 4 is 28.3 Å². The van der Waals surface area contributed by atoms with E-state index in [2.05, 4.69) is 22.0 Å². The van der Waals surface area contributed by atoms with Crippen molar-refractivity contribution in [2.45, 2.75) is 19.8 Å². The molecule has 0 unspecified atom stereocenters. The molecule has 1 aliphatic heterocycles. The van der Waals surface area contributed by atoms with Crippen molar-refractivity contribution in [3.05, 3.63) is 65.9 Å². The van der Waals surface area contributed by atoms with Crippen LogP contribution in [0.3, 0.4) is 0 Å². The summed E-state index contributed by atoms with van der Waals surface area (Å²) in [6.07, 6.45) is 3.31. The molecule has 0 radical (unpaired) electrons. The van der Waals surface area contributed by atoms with E-state index in [0.29, 0.717) is 6.42 Å². The van der Waals surface area contributed by atoms with Crippen molar-refractivity contribution < 1.29 is 9.59 Å². The number of Topliss-reactive ketones (excluding diaryl/α,β-unsaturated/α-hetero) is 1. The minimum atomic E-state index is 0.0807. The molecule has 0 aliphatic carbocycles. The molecule has 1 N–H and O–H groups in total. The van der Waals surface area contributed by atoms with Gasteiger partial charge in [-0.1, -0.05) is 18.2 Å². The molecule has 5 nitrogen and oxygen atoms in total. The highest BCUT2D eigenvalue weighted by Crippen LogP contribution is 2.21. The number of ketones is 1. The van der Waals surface area contributed by atoms with Gasteiger partial charge in [0.05, 0.1) is 0 Å². The Balaban J connectivity index is 1.30. The van der Waals surface area contributed by atoms with Gasteiger partial charge in [-0.25, -0.2) is 0 Å². The highest BCUT2D eigenvalue weighted by atomic mass is 16.2. The highest BCUT2D eigenvalue weighted by molar-refractivity contribution is 5.94. The molecular weight excluding hydrogens is 350 g/mol. The molecule has 144 valence electrons. The molecule has 1 saturated heterocycles. The Hall–Kier alpha value is -3.08. The molecule has 1 fully saturated rings. The van der Waals surface area contributed by atoms with Crippen molar-refractivity contribution in [1.29, 1.82) is 0 Å². The minimum absolute atomic E-state index is 0.0807. The molecule has 0 saturated carbocycles. The maximum atomic E-state index is 12.7. The monoisotopic (exact) mass is 375 g/mol. The number of anilines is 1. The Kier molecular flexibility index (Phi) is 5.15. The van der Waals surface area contributed by atoms with E-state index in [1.54, 1.807) is 6.92 Å². The van der Waals surface area contributed by atoms with Crippen LogP contribution in [-0.4, -0.2) is 47.8 Å². The smallest absolute Gasteiger partial charge is 0.223 e. The van der Waals surface area contributed by atoms with E-state index in [0.717, 1.165) is 49.4 Å². The Labute approximate surface area is 165 Å². The summed E-state index contributed by atoms with van der Waals surface area (Å²) < 4.78 is 0. The number of hydrogen-bond acceptors (Lipinski definition) is 3. The van der Waals surface area contributed by atoms with Crippen LogP contribution in [-0.2, 0) is 11.2 Å². The van der Waals surface area contributed by atoms with Gasteiger partial charge >= 0.3 is 0 Å². The summed E-state index contributed by atoms with van der Waals surface area (Å²) in [6.45, 7) is 4.69.